The Bertz CT molecular complexity index is 677. The van der Waals surface area contributed by atoms with Crippen LogP contribution in [0.2, 0.25) is 10.0 Å². The fraction of sp³-hybridized carbons (Fsp3) is 0. The minimum atomic E-state index is -1.79. The summed E-state index contributed by atoms with van der Waals surface area (Å²) in [5.41, 5.74) is -0.0192. The van der Waals surface area contributed by atoms with Crippen LogP contribution in [-0.4, -0.2) is 23.1 Å². The SMILES string of the molecule is O=C(Nc1cc(Cl)cc(Cl)c1)c1cc(B(O)O)ccc1F. The van der Waals surface area contributed by atoms with Crippen LogP contribution in [0.1, 0.15) is 10.4 Å². The van der Waals surface area contributed by atoms with E-state index in [9.17, 15) is 9.18 Å². The van der Waals surface area contributed by atoms with Crippen molar-refractivity contribution >= 4 is 47.4 Å². The predicted molar refractivity (Wildman–Crippen MR) is 80.6 cm³/mol. The molecule has 0 saturated heterocycles. The van der Waals surface area contributed by atoms with Crippen molar-refractivity contribution in [2.24, 2.45) is 0 Å². The summed E-state index contributed by atoms with van der Waals surface area (Å²) in [5, 5.41) is 21.2. The third-order valence-corrected chi connectivity index (χ3v) is 3.09. The van der Waals surface area contributed by atoms with Crippen LogP contribution < -0.4 is 10.8 Å². The highest BCUT2D eigenvalue weighted by Crippen LogP contribution is 2.23. The van der Waals surface area contributed by atoms with Gasteiger partial charge in [-0.3, -0.25) is 4.79 Å². The highest BCUT2D eigenvalue weighted by Gasteiger charge is 2.18. The average Bonchev–Trinajstić information content (AvgIpc) is 2.37. The Labute approximate surface area is 130 Å². The Hall–Kier alpha value is -1.60. The third kappa shape index (κ3) is 3.95. The first-order chi connectivity index (χ1) is 9.86. The highest BCUT2D eigenvalue weighted by atomic mass is 35.5. The molecule has 0 aliphatic heterocycles. The van der Waals surface area contributed by atoms with E-state index in [1.807, 2.05) is 0 Å². The van der Waals surface area contributed by atoms with Gasteiger partial charge in [-0.25, -0.2) is 4.39 Å². The molecular weight excluding hydrogens is 319 g/mol. The fourth-order valence-electron chi connectivity index (χ4n) is 1.70. The normalized spacial score (nSPS) is 10.3. The Morgan fingerprint density at radius 3 is 2.29 bits per heavy atom. The van der Waals surface area contributed by atoms with Crippen LogP contribution in [0.4, 0.5) is 10.1 Å². The van der Waals surface area contributed by atoms with Crippen molar-refractivity contribution in [2.75, 3.05) is 5.32 Å². The molecule has 0 atom stereocenters. The predicted octanol–water partition coefficient (Wildman–Crippen LogP) is 2.06. The van der Waals surface area contributed by atoms with Crippen molar-refractivity contribution < 1.29 is 19.2 Å². The van der Waals surface area contributed by atoms with Gasteiger partial charge < -0.3 is 15.4 Å². The smallest absolute Gasteiger partial charge is 0.423 e. The van der Waals surface area contributed by atoms with Gasteiger partial charge in [0, 0.05) is 15.7 Å². The van der Waals surface area contributed by atoms with Gasteiger partial charge in [0.05, 0.1) is 5.56 Å². The Balaban J connectivity index is 2.29. The number of rotatable bonds is 3. The molecule has 0 heterocycles. The molecule has 0 bridgehead atoms. The largest absolute Gasteiger partial charge is 0.488 e. The standard InChI is InChI=1S/C13H9BCl2FNO3/c15-8-4-9(16)6-10(5-8)18-13(19)11-3-7(14(20)21)1-2-12(11)17/h1-6,20-21H,(H,18,19). The minimum absolute atomic E-state index is 0.00526. The van der Waals surface area contributed by atoms with E-state index in [1.165, 1.54) is 24.3 Å². The molecule has 1 amide bonds. The van der Waals surface area contributed by atoms with Crippen molar-refractivity contribution in [1.29, 1.82) is 0 Å². The van der Waals surface area contributed by atoms with E-state index in [-0.39, 0.29) is 11.0 Å². The number of anilines is 1. The van der Waals surface area contributed by atoms with Crippen LogP contribution in [0, 0.1) is 5.82 Å². The zero-order valence-electron chi connectivity index (χ0n) is 10.5. The zero-order valence-corrected chi connectivity index (χ0v) is 12.0. The third-order valence-electron chi connectivity index (χ3n) is 2.65. The van der Waals surface area contributed by atoms with E-state index in [0.717, 1.165) is 12.1 Å². The van der Waals surface area contributed by atoms with Gasteiger partial charge >= 0.3 is 7.12 Å². The van der Waals surface area contributed by atoms with Gasteiger partial charge in [-0.05, 0) is 35.8 Å². The van der Waals surface area contributed by atoms with Gasteiger partial charge in [0.1, 0.15) is 5.82 Å². The molecular formula is C13H9BCl2FNO3. The van der Waals surface area contributed by atoms with Crippen molar-refractivity contribution in [2.45, 2.75) is 0 Å². The topological polar surface area (TPSA) is 69.6 Å². The van der Waals surface area contributed by atoms with Crippen molar-refractivity contribution in [3.05, 3.63) is 57.8 Å². The quantitative estimate of drug-likeness (QED) is 0.756. The van der Waals surface area contributed by atoms with Gasteiger partial charge in [0.2, 0.25) is 0 Å². The summed E-state index contributed by atoms with van der Waals surface area (Å²) < 4.78 is 13.7. The van der Waals surface area contributed by atoms with E-state index < -0.39 is 18.8 Å². The lowest BCUT2D eigenvalue weighted by Gasteiger charge is -2.09. The van der Waals surface area contributed by atoms with Crippen LogP contribution >= 0.6 is 23.2 Å². The van der Waals surface area contributed by atoms with Gasteiger partial charge in [-0.1, -0.05) is 29.3 Å². The number of amides is 1. The molecule has 3 N–H and O–H groups in total. The Morgan fingerprint density at radius 1 is 1.10 bits per heavy atom. The van der Waals surface area contributed by atoms with E-state index in [0.29, 0.717) is 15.7 Å². The number of carbonyl (C=O) groups excluding carboxylic acids is 1. The molecule has 2 aromatic rings. The fourth-order valence-corrected chi connectivity index (χ4v) is 2.23. The van der Waals surface area contributed by atoms with Crippen molar-refractivity contribution in [3.63, 3.8) is 0 Å². The summed E-state index contributed by atoms with van der Waals surface area (Å²) >= 11 is 11.6. The number of halogens is 3. The number of carbonyl (C=O) groups is 1. The van der Waals surface area contributed by atoms with E-state index >= 15 is 0 Å². The van der Waals surface area contributed by atoms with Crippen molar-refractivity contribution in [1.82, 2.24) is 0 Å². The number of hydrogen-bond acceptors (Lipinski definition) is 3. The van der Waals surface area contributed by atoms with Gasteiger partial charge in [-0.2, -0.15) is 0 Å². The lowest BCUT2D eigenvalue weighted by Crippen LogP contribution is -2.31. The second kappa shape index (κ2) is 6.45. The zero-order chi connectivity index (χ0) is 15.6. The van der Waals surface area contributed by atoms with E-state index in [4.69, 9.17) is 33.2 Å². The highest BCUT2D eigenvalue weighted by molar-refractivity contribution is 6.58. The van der Waals surface area contributed by atoms with Crippen LogP contribution in [0.25, 0.3) is 0 Å². The molecule has 108 valence electrons. The first-order valence-electron chi connectivity index (χ1n) is 5.80. The Kier molecular flexibility index (Phi) is 4.85. The van der Waals surface area contributed by atoms with Crippen LogP contribution in [0.3, 0.4) is 0 Å². The molecule has 0 spiro atoms. The molecule has 0 saturated carbocycles. The summed E-state index contributed by atoms with van der Waals surface area (Å²) in [7, 11) is -1.79. The molecule has 21 heavy (non-hydrogen) atoms. The van der Waals surface area contributed by atoms with Gasteiger partial charge in [0.25, 0.3) is 5.91 Å². The molecule has 0 radical (unpaired) electrons. The maximum Gasteiger partial charge on any atom is 0.488 e. The van der Waals surface area contributed by atoms with Crippen LogP contribution in [0.5, 0.6) is 0 Å². The second-order valence-corrected chi connectivity index (χ2v) is 5.10. The van der Waals surface area contributed by atoms with Crippen LogP contribution in [-0.2, 0) is 0 Å². The molecule has 4 nitrogen and oxygen atoms in total. The summed E-state index contributed by atoms with van der Waals surface area (Å²) in [5.74, 6) is -1.54. The summed E-state index contributed by atoms with van der Waals surface area (Å²) in [6.07, 6.45) is 0. The lowest BCUT2D eigenvalue weighted by atomic mass is 9.79. The van der Waals surface area contributed by atoms with Crippen molar-refractivity contribution in [3.8, 4) is 0 Å². The molecule has 8 heteroatoms. The molecule has 0 aliphatic rings. The molecule has 2 aromatic carbocycles. The maximum absolute atomic E-state index is 13.7. The number of hydrogen-bond donors (Lipinski definition) is 3. The van der Waals surface area contributed by atoms with E-state index in [2.05, 4.69) is 5.32 Å². The Morgan fingerprint density at radius 2 is 1.71 bits per heavy atom. The van der Waals surface area contributed by atoms with Gasteiger partial charge in [0.15, 0.2) is 0 Å². The first-order valence-corrected chi connectivity index (χ1v) is 6.55. The molecule has 0 aromatic heterocycles. The maximum atomic E-state index is 13.7. The van der Waals surface area contributed by atoms with E-state index in [1.54, 1.807) is 0 Å². The second-order valence-electron chi connectivity index (χ2n) is 4.23. The average molecular weight is 328 g/mol. The summed E-state index contributed by atoms with van der Waals surface area (Å²) in [4.78, 5) is 12.0. The first kappa shape index (κ1) is 15.8. The molecule has 0 fully saturated rings. The summed E-state index contributed by atoms with van der Waals surface area (Å²) in [6.45, 7) is 0. The number of benzene rings is 2. The molecule has 2 rings (SSSR count). The number of nitrogens with one attached hydrogen (secondary N) is 1. The molecule has 0 unspecified atom stereocenters. The minimum Gasteiger partial charge on any atom is -0.423 e. The summed E-state index contributed by atoms with van der Waals surface area (Å²) in [6, 6.07) is 7.60. The lowest BCUT2D eigenvalue weighted by molar-refractivity contribution is 0.102. The van der Waals surface area contributed by atoms with Crippen LogP contribution in [0.15, 0.2) is 36.4 Å². The van der Waals surface area contributed by atoms with Gasteiger partial charge in [-0.15, -0.1) is 0 Å². The molecule has 0 aliphatic carbocycles. The monoisotopic (exact) mass is 327 g/mol.